The van der Waals surface area contributed by atoms with Gasteiger partial charge in [-0.3, -0.25) is 0 Å². The maximum absolute atomic E-state index is 6.02. The van der Waals surface area contributed by atoms with Gasteiger partial charge in [0.25, 0.3) is 0 Å². The largest absolute Gasteiger partial charge is 0.327 e. The highest BCUT2D eigenvalue weighted by Gasteiger charge is 2.28. The van der Waals surface area contributed by atoms with Crippen LogP contribution < -0.4 is 5.73 Å². The summed E-state index contributed by atoms with van der Waals surface area (Å²) < 4.78 is 1.36. The van der Waals surface area contributed by atoms with Gasteiger partial charge in [0.1, 0.15) is 0 Å². The Morgan fingerprint density at radius 2 is 2.07 bits per heavy atom. The summed E-state index contributed by atoms with van der Waals surface area (Å²) in [4.78, 5) is 0. The van der Waals surface area contributed by atoms with Crippen LogP contribution in [0.3, 0.4) is 0 Å². The van der Waals surface area contributed by atoms with Gasteiger partial charge in [-0.2, -0.15) is 0 Å². The third kappa shape index (κ3) is 3.30. The molecule has 1 aromatic heterocycles. The zero-order chi connectivity index (χ0) is 10.8. The number of nitrogens with two attached hydrogens (primary N) is 1. The van der Waals surface area contributed by atoms with Crippen molar-refractivity contribution in [2.24, 2.45) is 11.1 Å². The minimum Gasteiger partial charge on any atom is -0.327 e. The van der Waals surface area contributed by atoms with Crippen LogP contribution in [0.2, 0.25) is 0 Å². The Labute approximate surface area is 95.1 Å². The lowest BCUT2D eigenvalue weighted by atomic mass is 9.88. The Kier molecular flexibility index (Phi) is 4.04. The van der Waals surface area contributed by atoms with Crippen LogP contribution >= 0.6 is 23.1 Å². The first-order chi connectivity index (χ1) is 6.41. The van der Waals surface area contributed by atoms with Gasteiger partial charge < -0.3 is 5.73 Å². The molecule has 0 aliphatic rings. The van der Waals surface area contributed by atoms with Gasteiger partial charge >= 0.3 is 0 Å². The van der Waals surface area contributed by atoms with Crippen molar-refractivity contribution in [2.75, 3.05) is 0 Å². The number of thiophene rings is 1. The first-order valence-electron chi connectivity index (χ1n) is 4.87. The summed E-state index contributed by atoms with van der Waals surface area (Å²) in [7, 11) is 0. The van der Waals surface area contributed by atoms with Gasteiger partial charge in [0.2, 0.25) is 0 Å². The van der Waals surface area contributed by atoms with E-state index in [9.17, 15) is 0 Å². The van der Waals surface area contributed by atoms with Crippen LogP contribution in [0, 0.1) is 5.41 Å². The quantitative estimate of drug-likeness (QED) is 0.801. The smallest absolute Gasteiger partial charge is 0.0601 e. The highest BCUT2D eigenvalue weighted by atomic mass is 32.2. The molecule has 0 aromatic carbocycles. The Morgan fingerprint density at radius 1 is 1.43 bits per heavy atom. The number of rotatable bonds is 3. The van der Waals surface area contributed by atoms with Crippen LogP contribution in [0.1, 0.15) is 27.7 Å². The molecule has 0 bridgehead atoms. The van der Waals surface area contributed by atoms with Crippen LogP contribution in [0.5, 0.6) is 0 Å². The van der Waals surface area contributed by atoms with Crippen LogP contribution in [-0.2, 0) is 0 Å². The van der Waals surface area contributed by atoms with Gasteiger partial charge in [0.05, 0.1) is 4.21 Å². The monoisotopic (exact) mass is 229 g/mol. The first-order valence-corrected chi connectivity index (χ1v) is 6.63. The SMILES string of the molecule is CC(N)C(Sc1cccs1)C(C)(C)C. The van der Waals surface area contributed by atoms with E-state index in [1.807, 2.05) is 11.8 Å². The maximum atomic E-state index is 6.02. The second-order valence-electron chi connectivity index (χ2n) is 4.70. The molecule has 1 heterocycles. The topological polar surface area (TPSA) is 26.0 Å². The lowest BCUT2D eigenvalue weighted by Crippen LogP contribution is -2.38. The molecule has 0 aliphatic carbocycles. The van der Waals surface area contributed by atoms with Crippen LogP contribution in [0.25, 0.3) is 0 Å². The lowest BCUT2D eigenvalue weighted by molar-refractivity contribution is 0.364. The molecule has 0 saturated heterocycles. The molecule has 0 saturated carbocycles. The van der Waals surface area contributed by atoms with Crippen molar-refractivity contribution in [1.82, 2.24) is 0 Å². The minimum absolute atomic E-state index is 0.224. The fourth-order valence-corrected chi connectivity index (χ4v) is 3.65. The summed E-state index contributed by atoms with van der Waals surface area (Å²) in [5, 5.41) is 2.59. The summed E-state index contributed by atoms with van der Waals surface area (Å²) in [6, 6.07) is 4.48. The Bertz CT molecular complexity index is 259. The molecule has 2 N–H and O–H groups in total. The average Bonchev–Trinajstić information content (AvgIpc) is 2.48. The van der Waals surface area contributed by atoms with E-state index < -0.39 is 0 Å². The normalized spacial score (nSPS) is 16.6. The molecule has 14 heavy (non-hydrogen) atoms. The van der Waals surface area contributed by atoms with E-state index in [4.69, 9.17) is 5.73 Å². The van der Waals surface area contributed by atoms with Crippen molar-refractivity contribution < 1.29 is 0 Å². The van der Waals surface area contributed by atoms with Crippen molar-refractivity contribution in [3.05, 3.63) is 17.5 Å². The first kappa shape index (κ1) is 12.1. The maximum Gasteiger partial charge on any atom is 0.0601 e. The van der Waals surface area contributed by atoms with Gasteiger partial charge in [-0.25, -0.2) is 0 Å². The molecule has 3 heteroatoms. The molecule has 0 fully saturated rings. The summed E-state index contributed by atoms with van der Waals surface area (Å²) in [6.45, 7) is 8.85. The molecule has 1 rings (SSSR count). The van der Waals surface area contributed by atoms with E-state index in [0.29, 0.717) is 5.25 Å². The van der Waals surface area contributed by atoms with Gasteiger partial charge in [-0.15, -0.1) is 23.1 Å². The van der Waals surface area contributed by atoms with Crippen LogP contribution in [-0.4, -0.2) is 11.3 Å². The van der Waals surface area contributed by atoms with Crippen molar-refractivity contribution in [3.63, 3.8) is 0 Å². The van der Waals surface area contributed by atoms with Gasteiger partial charge in [-0.1, -0.05) is 26.8 Å². The fraction of sp³-hybridized carbons (Fsp3) is 0.636. The predicted octanol–water partition coefficient (Wildman–Crippen LogP) is 3.60. The lowest BCUT2D eigenvalue weighted by Gasteiger charge is -2.32. The average molecular weight is 229 g/mol. The Balaban J connectivity index is 2.71. The minimum atomic E-state index is 0.224. The standard InChI is InChI=1S/C11H19NS2/c1-8(12)10(11(2,3)4)14-9-6-5-7-13-9/h5-8,10H,12H2,1-4H3. The summed E-state index contributed by atoms with van der Waals surface area (Å²) in [5.41, 5.74) is 6.28. The second-order valence-corrected chi connectivity index (χ2v) is 7.09. The molecule has 0 aliphatic heterocycles. The molecule has 0 amide bonds. The van der Waals surface area contributed by atoms with E-state index in [2.05, 4.69) is 45.2 Å². The van der Waals surface area contributed by atoms with E-state index in [0.717, 1.165) is 0 Å². The van der Waals surface area contributed by atoms with Crippen molar-refractivity contribution in [3.8, 4) is 0 Å². The van der Waals surface area contributed by atoms with E-state index in [1.165, 1.54) is 4.21 Å². The van der Waals surface area contributed by atoms with Gasteiger partial charge in [0, 0.05) is 11.3 Å². The van der Waals surface area contributed by atoms with E-state index >= 15 is 0 Å². The fourth-order valence-electron chi connectivity index (χ4n) is 1.53. The molecule has 2 unspecified atom stereocenters. The van der Waals surface area contributed by atoms with Crippen molar-refractivity contribution >= 4 is 23.1 Å². The third-order valence-electron chi connectivity index (χ3n) is 2.07. The third-order valence-corrected chi connectivity index (χ3v) is 5.07. The van der Waals surface area contributed by atoms with Gasteiger partial charge in [-0.05, 0) is 23.8 Å². The molecule has 1 aromatic rings. The summed E-state index contributed by atoms with van der Waals surface area (Å²) >= 11 is 3.70. The molecule has 80 valence electrons. The molecule has 0 spiro atoms. The zero-order valence-corrected chi connectivity index (χ0v) is 10.9. The zero-order valence-electron chi connectivity index (χ0n) is 9.28. The highest BCUT2D eigenvalue weighted by molar-refractivity contribution is 8.01. The molecule has 1 nitrogen and oxygen atoms in total. The Morgan fingerprint density at radius 3 is 2.43 bits per heavy atom. The number of hydrogen-bond acceptors (Lipinski definition) is 3. The number of hydrogen-bond donors (Lipinski definition) is 1. The predicted molar refractivity (Wildman–Crippen MR) is 67.1 cm³/mol. The Hall–Kier alpha value is 0.01000. The van der Waals surface area contributed by atoms with Crippen molar-refractivity contribution in [2.45, 2.75) is 43.2 Å². The van der Waals surface area contributed by atoms with Crippen LogP contribution in [0.4, 0.5) is 0 Å². The summed E-state index contributed by atoms with van der Waals surface area (Å²) in [6.07, 6.45) is 0. The van der Waals surface area contributed by atoms with Gasteiger partial charge in [0.15, 0.2) is 0 Å². The summed E-state index contributed by atoms with van der Waals surface area (Å²) in [5.74, 6) is 0. The second kappa shape index (κ2) is 4.69. The highest BCUT2D eigenvalue weighted by Crippen LogP contribution is 2.38. The van der Waals surface area contributed by atoms with Crippen LogP contribution in [0.15, 0.2) is 21.7 Å². The molecular weight excluding hydrogens is 210 g/mol. The van der Waals surface area contributed by atoms with Crippen molar-refractivity contribution in [1.29, 1.82) is 0 Å². The number of thioether (sulfide) groups is 1. The molecular formula is C11H19NS2. The molecule has 0 radical (unpaired) electrons. The molecule has 2 atom stereocenters. The van der Waals surface area contributed by atoms with E-state index in [-0.39, 0.29) is 11.5 Å². The van der Waals surface area contributed by atoms with E-state index in [1.54, 1.807) is 11.3 Å².